The second kappa shape index (κ2) is 11.0. The molecule has 0 aliphatic heterocycles. The highest BCUT2D eigenvalue weighted by Crippen LogP contribution is 2.21. The molecule has 1 unspecified atom stereocenters. The second-order valence-corrected chi connectivity index (χ2v) is 9.44. The maximum Gasteiger partial charge on any atom is 0.191 e. The summed E-state index contributed by atoms with van der Waals surface area (Å²) < 4.78 is 28.8. The van der Waals surface area contributed by atoms with Crippen molar-refractivity contribution in [1.29, 1.82) is 0 Å². The summed E-state index contributed by atoms with van der Waals surface area (Å²) in [5.74, 6) is 2.03. The van der Waals surface area contributed by atoms with E-state index < -0.39 is 9.84 Å². The van der Waals surface area contributed by atoms with Gasteiger partial charge in [-0.2, -0.15) is 0 Å². The molecule has 0 bridgehead atoms. The molecule has 2 N–H and O–H groups in total. The highest BCUT2D eigenvalue weighted by atomic mass is 32.2. The van der Waals surface area contributed by atoms with Crippen LogP contribution in [0.15, 0.2) is 52.4 Å². The molecule has 164 valence electrons. The Labute approximate surface area is 180 Å². The highest BCUT2D eigenvalue weighted by Gasteiger charge is 2.11. The maximum atomic E-state index is 11.8. The highest BCUT2D eigenvalue weighted by molar-refractivity contribution is 7.90. The molecule has 0 amide bonds. The average Bonchev–Trinajstić information content (AvgIpc) is 2.71. The summed E-state index contributed by atoms with van der Waals surface area (Å²) >= 11 is 0. The lowest BCUT2D eigenvalue weighted by Gasteiger charge is -2.15. The summed E-state index contributed by atoms with van der Waals surface area (Å²) in [6.07, 6.45) is 2.20. The van der Waals surface area contributed by atoms with Crippen LogP contribution in [0, 0.1) is 6.92 Å². The number of nitrogens with one attached hydrogen (secondary N) is 2. The van der Waals surface area contributed by atoms with Gasteiger partial charge in [-0.25, -0.2) is 13.4 Å². The monoisotopic (exact) mass is 431 g/mol. The Bertz CT molecular complexity index is 954. The molecule has 0 heterocycles. The molecule has 1 atom stereocenters. The number of nitrogens with zero attached hydrogens (tertiary/aromatic N) is 1. The van der Waals surface area contributed by atoms with Crippen molar-refractivity contribution in [3.8, 4) is 5.75 Å². The second-order valence-electron chi connectivity index (χ2n) is 7.46. The Kier molecular flexibility index (Phi) is 8.72. The number of guanidine groups is 1. The molecule has 0 fully saturated rings. The number of rotatable bonds is 9. The topological polar surface area (TPSA) is 79.8 Å². The largest absolute Gasteiger partial charge is 0.497 e. The van der Waals surface area contributed by atoms with Gasteiger partial charge >= 0.3 is 0 Å². The molecule has 30 heavy (non-hydrogen) atoms. The van der Waals surface area contributed by atoms with Crippen molar-refractivity contribution < 1.29 is 13.2 Å². The van der Waals surface area contributed by atoms with E-state index in [-0.39, 0.29) is 0 Å². The molecule has 2 aromatic rings. The molecule has 2 rings (SSSR count). The van der Waals surface area contributed by atoms with Crippen molar-refractivity contribution in [2.24, 2.45) is 4.99 Å². The van der Waals surface area contributed by atoms with E-state index >= 15 is 0 Å². The molecule has 6 nitrogen and oxygen atoms in total. The van der Waals surface area contributed by atoms with Gasteiger partial charge in [0.1, 0.15) is 5.75 Å². The van der Waals surface area contributed by atoms with Gasteiger partial charge in [-0.3, -0.25) is 0 Å². The quantitative estimate of drug-likeness (QED) is 0.468. The third kappa shape index (κ3) is 7.06. The van der Waals surface area contributed by atoms with Crippen molar-refractivity contribution >= 4 is 15.8 Å². The molecule has 0 saturated carbocycles. The summed E-state index contributed by atoms with van der Waals surface area (Å²) in [6.45, 7) is 8.10. The normalized spacial score (nSPS) is 13.0. The van der Waals surface area contributed by atoms with E-state index in [2.05, 4.69) is 34.7 Å². The molecule has 0 aliphatic rings. The Hall–Kier alpha value is -2.54. The third-order valence-electron chi connectivity index (χ3n) is 4.96. The van der Waals surface area contributed by atoms with E-state index in [0.717, 1.165) is 42.3 Å². The first-order valence-electron chi connectivity index (χ1n) is 10.2. The molecule has 0 spiro atoms. The van der Waals surface area contributed by atoms with Gasteiger partial charge in [0.25, 0.3) is 0 Å². The van der Waals surface area contributed by atoms with E-state index in [9.17, 15) is 8.42 Å². The van der Waals surface area contributed by atoms with Crippen molar-refractivity contribution in [3.63, 3.8) is 0 Å². The number of benzene rings is 2. The lowest BCUT2D eigenvalue weighted by Crippen LogP contribution is -2.38. The number of sulfone groups is 1. The van der Waals surface area contributed by atoms with Crippen LogP contribution in [-0.4, -0.2) is 40.8 Å². The van der Waals surface area contributed by atoms with E-state index in [1.165, 1.54) is 11.8 Å². The molecule has 2 aromatic carbocycles. The van der Waals surface area contributed by atoms with Crippen LogP contribution in [0.1, 0.15) is 42.9 Å². The number of aliphatic imine (C=N–C) groups is 1. The number of aryl methyl sites for hydroxylation is 1. The van der Waals surface area contributed by atoms with Crippen molar-refractivity contribution in [3.05, 3.63) is 59.2 Å². The predicted octanol–water partition coefficient (Wildman–Crippen LogP) is 3.66. The predicted molar refractivity (Wildman–Crippen MR) is 123 cm³/mol. The smallest absolute Gasteiger partial charge is 0.191 e. The van der Waals surface area contributed by atoms with Gasteiger partial charge in [-0.05, 0) is 61.1 Å². The molecular weight excluding hydrogens is 398 g/mol. The van der Waals surface area contributed by atoms with E-state index in [0.29, 0.717) is 17.4 Å². The van der Waals surface area contributed by atoms with Gasteiger partial charge in [0.05, 0.1) is 18.6 Å². The lowest BCUT2D eigenvalue weighted by atomic mass is 9.98. The number of hydrogen-bond acceptors (Lipinski definition) is 4. The molecule has 0 radical (unpaired) electrons. The summed E-state index contributed by atoms with van der Waals surface area (Å²) in [7, 11) is -1.53. The summed E-state index contributed by atoms with van der Waals surface area (Å²) in [4.78, 5) is 5.01. The van der Waals surface area contributed by atoms with Gasteiger partial charge in [0, 0.05) is 19.3 Å². The van der Waals surface area contributed by atoms with E-state index in [1.54, 1.807) is 13.2 Å². The van der Waals surface area contributed by atoms with Crippen LogP contribution in [0.3, 0.4) is 0 Å². The van der Waals surface area contributed by atoms with Crippen LogP contribution >= 0.6 is 0 Å². The third-order valence-corrected chi connectivity index (χ3v) is 6.21. The first-order valence-corrected chi connectivity index (χ1v) is 12.1. The van der Waals surface area contributed by atoms with Gasteiger partial charge in [0.2, 0.25) is 0 Å². The van der Waals surface area contributed by atoms with Crippen molar-refractivity contribution in [2.45, 2.75) is 44.6 Å². The lowest BCUT2D eigenvalue weighted by molar-refractivity contribution is 0.414. The zero-order valence-electron chi connectivity index (χ0n) is 18.5. The van der Waals surface area contributed by atoms with Gasteiger partial charge in [-0.1, -0.05) is 31.2 Å². The van der Waals surface area contributed by atoms with Gasteiger partial charge in [-0.15, -0.1) is 0 Å². The average molecular weight is 432 g/mol. The van der Waals surface area contributed by atoms with Crippen LogP contribution in [0.5, 0.6) is 5.75 Å². The minimum atomic E-state index is -3.20. The van der Waals surface area contributed by atoms with Gasteiger partial charge < -0.3 is 15.4 Å². The molecule has 7 heteroatoms. The SMILES string of the molecule is CCNC(=NCc1ccc(S(C)(=O)=O)c(C)c1)NCCC(C)c1ccc(OC)cc1. The number of hydrogen-bond donors (Lipinski definition) is 2. The Morgan fingerprint density at radius 2 is 1.83 bits per heavy atom. The standard InChI is InChI=1S/C23H33N3O3S/c1-6-24-23(25-14-13-17(2)20-8-10-21(29-4)11-9-20)26-16-19-7-12-22(18(3)15-19)30(5,27)28/h7-12,15,17H,6,13-14,16H2,1-5H3,(H2,24,25,26). The maximum absolute atomic E-state index is 11.8. The molecule has 0 saturated heterocycles. The summed E-state index contributed by atoms with van der Waals surface area (Å²) in [5.41, 5.74) is 3.00. The van der Waals surface area contributed by atoms with Crippen LogP contribution in [0.4, 0.5) is 0 Å². The summed E-state index contributed by atoms with van der Waals surface area (Å²) in [5, 5.41) is 6.64. The number of methoxy groups -OCH3 is 1. The number of ether oxygens (including phenoxy) is 1. The van der Waals surface area contributed by atoms with E-state index in [1.807, 2.05) is 38.1 Å². The minimum absolute atomic E-state index is 0.368. The first-order chi connectivity index (χ1) is 14.2. The fourth-order valence-corrected chi connectivity index (χ4v) is 4.20. The Morgan fingerprint density at radius 3 is 2.40 bits per heavy atom. The molecule has 0 aliphatic carbocycles. The Morgan fingerprint density at radius 1 is 1.13 bits per heavy atom. The Balaban J connectivity index is 1.94. The van der Waals surface area contributed by atoms with Crippen LogP contribution in [0.25, 0.3) is 0 Å². The molecular formula is C23H33N3O3S. The van der Waals surface area contributed by atoms with Crippen molar-refractivity contribution in [2.75, 3.05) is 26.5 Å². The fourth-order valence-electron chi connectivity index (χ4n) is 3.24. The van der Waals surface area contributed by atoms with Crippen molar-refractivity contribution in [1.82, 2.24) is 10.6 Å². The van der Waals surface area contributed by atoms with Crippen LogP contribution < -0.4 is 15.4 Å². The van der Waals surface area contributed by atoms with Gasteiger partial charge in [0.15, 0.2) is 15.8 Å². The zero-order valence-corrected chi connectivity index (χ0v) is 19.3. The molecule has 0 aromatic heterocycles. The van der Waals surface area contributed by atoms with E-state index in [4.69, 9.17) is 4.74 Å². The van der Waals surface area contributed by atoms with Crippen LogP contribution in [0.2, 0.25) is 0 Å². The van der Waals surface area contributed by atoms with Crippen LogP contribution in [-0.2, 0) is 16.4 Å². The summed E-state index contributed by atoms with van der Waals surface area (Å²) in [6, 6.07) is 13.5. The minimum Gasteiger partial charge on any atom is -0.497 e. The fraction of sp³-hybridized carbons (Fsp3) is 0.435. The first kappa shape index (κ1) is 23.7. The zero-order chi connectivity index (χ0) is 22.1.